The molecule has 0 radical (unpaired) electrons. The van der Waals surface area contributed by atoms with E-state index in [1.807, 2.05) is 0 Å². The van der Waals surface area contributed by atoms with Gasteiger partial charge in [0, 0.05) is 43.4 Å². The monoisotopic (exact) mass is 446 g/mol. The van der Waals surface area contributed by atoms with Crippen LogP contribution in [-0.2, 0) is 28.8 Å². The molecule has 1 unspecified atom stereocenters. The Morgan fingerprint density at radius 3 is 2.81 bits per heavy atom. The number of thiophene rings is 1. The third-order valence-corrected chi connectivity index (χ3v) is 7.49. The maximum atomic E-state index is 12.7. The molecule has 0 aromatic carbocycles. The Morgan fingerprint density at radius 1 is 1.26 bits per heavy atom. The number of hydrogen-bond donors (Lipinski definition) is 2. The molecule has 1 aliphatic heterocycles. The second kappa shape index (κ2) is 10.2. The lowest BCUT2D eigenvalue weighted by Gasteiger charge is -2.35. The molecule has 3 heterocycles. The molecule has 0 spiro atoms. The minimum Gasteiger partial charge on any atom is -0.379 e. The molecule has 31 heavy (non-hydrogen) atoms. The molecule has 0 bridgehead atoms. The number of ether oxygens (including phenoxy) is 1. The Morgan fingerprint density at radius 2 is 2.03 bits per heavy atom. The fourth-order valence-electron chi connectivity index (χ4n) is 4.73. The molecular weight excluding hydrogens is 412 g/mol. The van der Waals surface area contributed by atoms with Crippen LogP contribution in [0.25, 0.3) is 10.2 Å². The largest absolute Gasteiger partial charge is 0.379 e. The zero-order chi connectivity index (χ0) is 21.8. The molecule has 2 aromatic heterocycles. The molecule has 2 aliphatic rings. The molecule has 1 aliphatic carbocycles. The minimum atomic E-state index is -0.0517. The predicted octanol–water partition coefficient (Wildman–Crippen LogP) is 2.66. The van der Waals surface area contributed by atoms with Crippen LogP contribution in [0, 0.1) is 5.92 Å². The van der Waals surface area contributed by atoms with Crippen LogP contribution < -0.4 is 10.9 Å². The molecule has 8 heteroatoms. The fraction of sp³-hybridized carbons (Fsp3) is 0.696. The summed E-state index contributed by atoms with van der Waals surface area (Å²) in [4.78, 5) is 37.4. The predicted molar refractivity (Wildman–Crippen MR) is 124 cm³/mol. The van der Waals surface area contributed by atoms with Gasteiger partial charge in [-0.2, -0.15) is 0 Å². The van der Waals surface area contributed by atoms with Crippen molar-refractivity contribution in [1.29, 1.82) is 0 Å². The number of hydrogen-bond acceptors (Lipinski definition) is 6. The van der Waals surface area contributed by atoms with Crippen molar-refractivity contribution in [2.24, 2.45) is 5.92 Å². The average Bonchev–Trinajstić information content (AvgIpc) is 3.14. The van der Waals surface area contributed by atoms with E-state index in [9.17, 15) is 9.59 Å². The first kappa shape index (κ1) is 22.4. The SMILES string of the molecule is CC(C)CC(CNC(=O)CCc1nc2sc3c(c2c(=O)[nH]1)CCCC3)N1CCOCC1. The Balaban J connectivity index is 1.34. The summed E-state index contributed by atoms with van der Waals surface area (Å²) in [6, 6.07) is 0.333. The van der Waals surface area contributed by atoms with E-state index in [0.717, 1.165) is 62.2 Å². The Kier molecular flexibility index (Phi) is 7.40. The van der Waals surface area contributed by atoms with E-state index in [1.54, 1.807) is 11.3 Å². The molecule has 1 amide bonds. The van der Waals surface area contributed by atoms with Gasteiger partial charge < -0.3 is 15.0 Å². The number of rotatable bonds is 8. The second-order valence-corrected chi connectivity index (χ2v) is 10.2. The van der Waals surface area contributed by atoms with Gasteiger partial charge in [-0.3, -0.25) is 14.5 Å². The van der Waals surface area contributed by atoms with Crippen LogP contribution in [0.15, 0.2) is 4.79 Å². The first-order valence-corrected chi connectivity index (χ1v) is 12.4. The Labute approximate surface area is 187 Å². The summed E-state index contributed by atoms with van der Waals surface area (Å²) in [5, 5.41) is 3.88. The van der Waals surface area contributed by atoms with Gasteiger partial charge in [0.25, 0.3) is 5.56 Å². The van der Waals surface area contributed by atoms with Crippen LogP contribution in [0.2, 0.25) is 0 Å². The van der Waals surface area contributed by atoms with Crippen molar-refractivity contribution in [1.82, 2.24) is 20.2 Å². The van der Waals surface area contributed by atoms with Crippen LogP contribution >= 0.6 is 11.3 Å². The van der Waals surface area contributed by atoms with Gasteiger partial charge in [-0.1, -0.05) is 13.8 Å². The van der Waals surface area contributed by atoms with Crippen molar-refractivity contribution in [2.45, 2.75) is 64.8 Å². The van der Waals surface area contributed by atoms with Crippen LogP contribution in [0.5, 0.6) is 0 Å². The van der Waals surface area contributed by atoms with Crippen LogP contribution in [0.3, 0.4) is 0 Å². The lowest BCUT2D eigenvalue weighted by atomic mass is 9.97. The molecule has 0 saturated carbocycles. The molecule has 1 fully saturated rings. The van der Waals surface area contributed by atoms with E-state index in [4.69, 9.17) is 4.74 Å². The van der Waals surface area contributed by atoms with Crippen molar-refractivity contribution >= 4 is 27.5 Å². The molecule has 4 rings (SSSR count). The summed E-state index contributed by atoms with van der Waals surface area (Å²) in [6.45, 7) is 8.45. The van der Waals surface area contributed by atoms with E-state index in [0.29, 0.717) is 37.2 Å². The van der Waals surface area contributed by atoms with E-state index in [1.165, 1.54) is 16.9 Å². The molecular formula is C23H34N4O3S. The summed E-state index contributed by atoms with van der Waals surface area (Å²) in [7, 11) is 0. The molecule has 7 nitrogen and oxygen atoms in total. The third kappa shape index (κ3) is 5.54. The summed E-state index contributed by atoms with van der Waals surface area (Å²) >= 11 is 1.65. The van der Waals surface area contributed by atoms with Crippen molar-refractivity contribution < 1.29 is 9.53 Å². The average molecular weight is 447 g/mol. The molecule has 170 valence electrons. The maximum Gasteiger partial charge on any atom is 0.259 e. The van der Waals surface area contributed by atoms with Gasteiger partial charge in [-0.15, -0.1) is 11.3 Å². The number of aromatic nitrogens is 2. The molecule has 2 aromatic rings. The van der Waals surface area contributed by atoms with Gasteiger partial charge in [-0.25, -0.2) is 4.98 Å². The zero-order valence-electron chi connectivity index (χ0n) is 18.7. The lowest BCUT2D eigenvalue weighted by Crippen LogP contribution is -2.49. The number of H-pyrrole nitrogens is 1. The van der Waals surface area contributed by atoms with Crippen LogP contribution in [0.4, 0.5) is 0 Å². The van der Waals surface area contributed by atoms with Gasteiger partial charge in [0.2, 0.25) is 5.91 Å². The lowest BCUT2D eigenvalue weighted by molar-refractivity contribution is -0.121. The van der Waals surface area contributed by atoms with Gasteiger partial charge in [0.15, 0.2) is 0 Å². The smallest absolute Gasteiger partial charge is 0.259 e. The number of fused-ring (bicyclic) bond motifs is 3. The molecule has 2 N–H and O–H groups in total. The number of aryl methyl sites for hydroxylation is 3. The van der Waals surface area contributed by atoms with Gasteiger partial charge in [0.1, 0.15) is 10.7 Å². The van der Waals surface area contributed by atoms with Gasteiger partial charge >= 0.3 is 0 Å². The van der Waals surface area contributed by atoms with E-state index >= 15 is 0 Å². The number of morpholine rings is 1. The third-order valence-electron chi connectivity index (χ3n) is 6.30. The summed E-state index contributed by atoms with van der Waals surface area (Å²) in [5.41, 5.74) is 1.15. The highest BCUT2D eigenvalue weighted by Crippen LogP contribution is 2.33. The summed E-state index contributed by atoms with van der Waals surface area (Å²) in [5.74, 6) is 1.19. The van der Waals surface area contributed by atoms with Gasteiger partial charge in [-0.05, 0) is 43.6 Å². The first-order chi connectivity index (χ1) is 15.0. The van der Waals surface area contributed by atoms with Crippen LogP contribution in [-0.4, -0.2) is 59.7 Å². The fourth-order valence-corrected chi connectivity index (χ4v) is 6.01. The quantitative estimate of drug-likeness (QED) is 0.651. The highest BCUT2D eigenvalue weighted by atomic mass is 32.1. The standard InChI is InChI=1S/C23H34N4O3S/c1-15(2)13-16(27-9-11-30-12-10-27)14-24-20(28)8-7-19-25-22(29)21-17-5-3-4-6-18(17)31-23(21)26-19/h15-16H,3-14H2,1-2H3,(H,24,28)(H,25,26,29). The Bertz CT molecular complexity index is 962. The van der Waals surface area contributed by atoms with Crippen molar-refractivity contribution in [3.05, 3.63) is 26.6 Å². The molecule has 1 saturated heterocycles. The van der Waals surface area contributed by atoms with Crippen LogP contribution in [0.1, 0.15) is 55.8 Å². The highest BCUT2D eigenvalue weighted by Gasteiger charge is 2.23. The number of amides is 1. The number of carbonyl (C=O) groups is 1. The van der Waals surface area contributed by atoms with E-state index < -0.39 is 0 Å². The number of carbonyl (C=O) groups excluding carboxylic acids is 1. The summed E-state index contributed by atoms with van der Waals surface area (Å²) in [6.07, 6.45) is 6.18. The van der Waals surface area contributed by atoms with Crippen molar-refractivity contribution in [3.63, 3.8) is 0 Å². The first-order valence-electron chi connectivity index (χ1n) is 11.6. The summed E-state index contributed by atoms with van der Waals surface area (Å²) < 4.78 is 5.47. The topological polar surface area (TPSA) is 87.3 Å². The van der Waals surface area contributed by atoms with E-state index in [2.05, 4.69) is 34.0 Å². The maximum absolute atomic E-state index is 12.7. The number of nitrogens with zero attached hydrogens (tertiary/aromatic N) is 2. The van der Waals surface area contributed by atoms with Crippen molar-refractivity contribution in [3.8, 4) is 0 Å². The highest BCUT2D eigenvalue weighted by molar-refractivity contribution is 7.18. The Hall–Kier alpha value is -1.77. The van der Waals surface area contributed by atoms with Crippen molar-refractivity contribution in [2.75, 3.05) is 32.8 Å². The number of nitrogens with one attached hydrogen (secondary N) is 2. The van der Waals surface area contributed by atoms with E-state index in [-0.39, 0.29) is 11.5 Å². The van der Waals surface area contributed by atoms with Gasteiger partial charge in [0.05, 0.1) is 18.6 Å². The minimum absolute atomic E-state index is 0.00948. The zero-order valence-corrected chi connectivity index (χ0v) is 19.5. The second-order valence-electron chi connectivity index (χ2n) is 9.14. The number of aromatic amines is 1. The normalized spacial score (nSPS) is 18.3. The molecule has 1 atom stereocenters.